The van der Waals surface area contributed by atoms with E-state index in [2.05, 4.69) is 0 Å². The van der Waals surface area contributed by atoms with Crippen molar-refractivity contribution in [3.63, 3.8) is 0 Å². The molecular formula is C2H3NOSSi. The van der Waals surface area contributed by atoms with E-state index in [-0.39, 0.29) is 9.76 Å². The molecule has 0 saturated heterocycles. The minimum Gasteiger partial charge on any atom is -0.431 e. The van der Waals surface area contributed by atoms with Gasteiger partial charge in [-0.15, -0.1) is 0 Å². The highest BCUT2D eigenvalue weighted by molar-refractivity contribution is 8.04. The second-order valence-electron chi connectivity index (χ2n) is 0.538. The molecule has 0 bridgehead atoms. The maximum Gasteiger partial charge on any atom is 0.236 e. The van der Waals surface area contributed by atoms with Gasteiger partial charge in [-0.05, 0) is 11.8 Å². The lowest BCUT2D eigenvalue weighted by atomic mass is 11.8. The highest BCUT2D eigenvalue weighted by atomic mass is 32.2. The third-order valence-corrected chi connectivity index (χ3v) is 1.42. The number of thiocyanates is 1. The number of nitriles is 1. The fourth-order valence-corrected chi connectivity index (χ4v) is 0.581. The molecule has 0 spiro atoms. The molecule has 2 nitrogen and oxygen atoms in total. The average molecular weight is 117 g/mol. The quantitative estimate of drug-likeness (QED) is 0.309. The number of thioether (sulfide) groups is 1. The summed E-state index contributed by atoms with van der Waals surface area (Å²) in [6, 6.07) is 0. The topological polar surface area (TPSA) is 44.0 Å². The number of nitrogens with zero attached hydrogens (tertiary/aromatic N) is 1. The Balaban J connectivity index is 2.54. The maximum atomic E-state index is 8.05. The molecule has 0 rings (SSSR count). The van der Waals surface area contributed by atoms with E-state index >= 15 is 0 Å². The predicted molar refractivity (Wildman–Crippen MR) is 26.0 cm³/mol. The first-order chi connectivity index (χ1) is 2.91. The zero-order valence-corrected chi connectivity index (χ0v) is 4.83. The zero-order chi connectivity index (χ0) is 4.83. The summed E-state index contributed by atoms with van der Waals surface area (Å²) in [4.78, 5) is 8.05. The summed E-state index contributed by atoms with van der Waals surface area (Å²) in [6.07, 6.45) is 0. The smallest absolute Gasteiger partial charge is 0.236 e. The lowest BCUT2D eigenvalue weighted by Gasteiger charge is -1.73. The van der Waals surface area contributed by atoms with E-state index in [4.69, 9.17) is 10.1 Å². The van der Waals surface area contributed by atoms with Crippen LogP contribution in [-0.2, 0) is 0 Å². The summed E-state index contributed by atoms with van der Waals surface area (Å²) in [5, 5.41) is 10.2. The van der Waals surface area contributed by atoms with E-state index in [9.17, 15) is 0 Å². The van der Waals surface area contributed by atoms with Gasteiger partial charge in [0.25, 0.3) is 0 Å². The van der Waals surface area contributed by atoms with Crippen molar-refractivity contribution in [1.82, 2.24) is 0 Å². The molecule has 0 fully saturated rings. The zero-order valence-electron chi connectivity index (χ0n) is 3.01. The molecular weight excluding hydrogens is 114 g/mol. The van der Waals surface area contributed by atoms with Crippen LogP contribution in [0.25, 0.3) is 0 Å². The Bertz CT molecular complexity index is 61.1. The molecule has 4 heteroatoms. The van der Waals surface area contributed by atoms with Crippen LogP contribution >= 0.6 is 11.8 Å². The highest BCUT2D eigenvalue weighted by Gasteiger charge is 1.79. The van der Waals surface area contributed by atoms with Crippen molar-refractivity contribution < 1.29 is 4.80 Å². The van der Waals surface area contributed by atoms with Gasteiger partial charge in [-0.25, -0.2) is 0 Å². The van der Waals surface area contributed by atoms with Crippen LogP contribution < -0.4 is 0 Å². The monoisotopic (exact) mass is 117 g/mol. The van der Waals surface area contributed by atoms with Gasteiger partial charge in [0, 0.05) is 5.38 Å². The normalized spacial score (nSPS) is 7.33. The third-order valence-electron chi connectivity index (χ3n) is 0.201. The molecule has 0 amide bonds. The van der Waals surface area contributed by atoms with Crippen molar-refractivity contribution in [2.24, 2.45) is 0 Å². The van der Waals surface area contributed by atoms with E-state index in [1.165, 1.54) is 0 Å². The summed E-state index contributed by atoms with van der Waals surface area (Å²) in [6.45, 7) is 0. The standard InChI is InChI=1S/C2H3NOSSi/c3-1-5-2-6-4/h4H,2H2. The van der Waals surface area contributed by atoms with Crippen molar-refractivity contribution in [3.8, 4) is 5.40 Å². The summed E-state index contributed by atoms with van der Waals surface area (Å²) < 4.78 is 0. The van der Waals surface area contributed by atoms with Gasteiger partial charge in [-0.3, -0.25) is 0 Å². The second kappa shape index (κ2) is 5.02. The Morgan fingerprint density at radius 2 is 2.67 bits per heavy atom. The molecule has 2 radical (unpaired) electrons. The molecule has 0 aliphatic rings. The second-order valence-corrected chi connectivity index (χ2v) is 2.48. The SMILES string of the molecule is N#CSC[Si]O. The largest absolute Gasteiger partial charge is 0.431 e. The van der Waals surface area contributed by atoms with Crippen molar-refractivity contribution >= 4 is 21.5 Å². The number of hydrogen-bond donors (Lipinski definition) is 1. The molecule has 0 aliphatic heterocycles. The van der Waals surface area contributed by atoms with Crippen LogP contribution in [0, 0.1) is 10.7 Å². The molecule has 6 heavy (non-hydrogen) atoms. The van der Waals surface area contributed by atoms with Gasteiger partial charge < -0.3 is 4.80 Å². The molecule has 0 aromatic heterocycles. The molecule has 0 unspecified atom stereocenters. The molecule has 0 aromatic rings. The summed E-state index contributed by atoms with van der Waals surface area (Å²) in [7, 11) is -0.0949. The van der Waals surface area contributed by atoms with Crippen LogP contribution in [0.5, 0.6) is 0 Å². The molecule has 0 atom stereocenters. The van der Waals surface area contributed by atoms with Crippen LogP contribution in [0.1, 0.15) is 0 Å². The Morgan fingerprint density at radius 1 is 2.00 bits per heavy atom. The number of hydrogen-bond acceptors (Lipinski definition) is 3. The van der Waals surface area contributed by atoms with Gasteiger partial charge >= 0.3 is 0 Å². The van der Waals surface area contributed by atoms with Crippen LogP contribution in [0.3, 0.4) is 0 Å². The lowest BCUT2D eigenvalue weighted by molar-refractivity contribution is 0.609. The van der Waals surface area contributed by atoms with E-state index in [1.54, 1.807) is 0 Å². The molecule has 0 aromatic carbocycles. The first-order valence-electron chi connectivity index (χ1n) is 1.29. The third kappa shape index (κ3) is 4.02. The fraction of sp³-hybridized carbons (Fsp3) is 0.500. The first kappa shape index (κ1) is 6.02. The van der Waals surface area contributed by atoms with Crippen LogP contribution in [-0.4, -0.2) is 19.9 Å². The van der Waals surface area contributed by atoms with Gasteiger partial charge in [-0.2, -0.15) is 5.26 Å². The first-order valence-corrected chi connectivity index (χ1v) is 3.43. The van der Waals surface area contributed by atoms with Crippen molar-refractivity contribution in [1.29, 1.82) is 5.26 Å². The molecule has 0 saturated carbocycles. The lowest BCUT2D eigenvalue weighted by Crippen LogP contribution is -1.88. The van der Waals surface area contributed by atoms with Gasteiger partial charge in [0.15, 0.2) is 0 Å². The minimum absolute atomic E-state index is 0.0949. The van der Waals surface area contributed by atoms with E-state index in [0.717, 1.165) is 11.8 Å². The van der Waals surface area contributed by atoms with Gasteiger partial charge in [0.1, 0.15) is 5.40 Å². The van der Waals surface area contributed by atoms with Gasteiger partial charge in [-0.1, -0.05) is 0 Å². The van der Waals surface area contributed by atoms with Crippen molar-refractivity contribution in [2.45, 2.75) is 0 Å². The molecule has 0 heterocycles. The van der Waals surface area contributed by atoms with E-state index in [0.29, 0.717) is 5.38 Å². The highest BCUT2D eigenvalue weighted by Crippen LogP contribution is 1.89. The Morgan fingerprint density at radius 3 is 2.83 bits per heavy atom. The van der Waals surface area contributed by atoms with Crippen LogP contribution in [0.2, 0.25) is 0 Å². The van der Waals surface area contributed by atoms with Crippen LogP contribution in [0.4, 0.5) is 0 Å². The molecule has 32 valence electrons. The van der Waals surface area contributed by atoms with Crippen LogP contribution in [0.15, 0.2) is 0 Å². The van der Waals surface area contributed by atoms with Gasteiger partial charge in [0.2, 0.25) is 9.76 Å². The maximum absolute atomic E-state index is 8.05. The van der Waals surface area contributed by atoms with Crippen molar-refractivity contribution in [2.75, 3.05) is 5.38 Å². The molecule has 0 aliphatic carbocycles. The summed E-state index contributed by atoms with van der Waals surface area (Å²) in [5.41, 5.74) is 0. The predicted octanol–water partition coefficient (Wildman–Crippen LogP) is -0.230. The Labute approximate surface area is 43.1 Å². The molecule has 1 N–H and O–H groups in total. The minimum atomic E-state index is -0.0949. The van der Waals surface area contributed by atoms with Crippen molar-refractivity contribution in [3.05, 3.63) is 0 Å². The fourth-order valence-electron chi connectivity index (χ4n) is 0.0645. The summed E-state index contributed by atoms with van der Waals surface area (Å²) >= 11 is 1.08. The van der Waals surface area contributed by atoms with E-state index < -0.39 is 0 Å². The Hall–Kier alpha value is 0.0169. The average Bonchev–Trinajstić information content (AvgIpc) is 1.61. The Kier molecular flexibility index (Phi) is 5.03. The van der Waals surface area contributed by atoms with E-state index in [1.807, 2.05) is 5.40 Å². The van der Waals surface area contributed by atoms with Gasteiger partial charge in [0.05, 0.1) is 0 Å². The number of rotatable bonds is 2. The summed E-state index contributed by atoms with van der Waals surface area (Å²) in [5.74, 6) is 0.